The van der Waals surface area contributed by atoms with E-state index in [1.54, 1.807) is 0 Å². The Kier molecular flexibility index (Phi) is 3.84. The fourth-order valence-corrected chi connectivity index (χ4v) is 3.04. The third-order valence-electron chi connectivity index (χ3n) is 4.45. The lowest BCUT2D eigenvalue weighted by atomic mass is 10.1. The number of rotatable bonds is 3. The molecule has 0 saturated carbocycles. The number of amides is 1. The second-order valence-corrected chi connectivity index (χ2v) is 6.37. The Morgan fingerprint density at radius 3 is 2.41 bits per heavy atom. The van der Waals surface area contributed by atoms with Gasteiger partial charge in [0.1, 0.15) is 5.52 Å². The van der Waals surface area contributed by atoms with Gasteiger partial charge in [-0.15, -0.1) is 0 Å². The summed E-state index contributed by atoms with van der Waals surface area (Å²) in [7, 11) is 0. The zero-order valence-electron chi connectivity index (χ0n) is 14.9. The molecule has 0 atom stereocenters. The van der Waals surface area contributed by atoms with Gasteiger partial charge in [0, 0.05) is 5.56 Å². The minimum absolute atomic E-state index is 0.0128. The van der Waals surface area contributed by atoms with Gasteiger partial charge in [-0.1, -0.05) is 42.0 Å². The lowest BCUT2D eigenvalue weighted by Crippen LogP contribution is -2.15. The average molecular weight is 359 g/mol. The fourth-order valence-electron chi connectivity index (χ4n) is 3.04. The normalized spacial score (nSPS) is 11.0. The van der Waals surface area contributed by atoms with Gasteiger partial charge in [0.05, 0.1) is 5.69 Å². The highest BCUT2D eigenvalue weighted by atomic mass is 16.2. The Hall–Kier alpha value is -3.74. The van der Waals surface area contributed by atoms with Crippen LogP contribution in [0.1, 0.15) is 21.6 Å². The zero-order chi connectivity index (χ0) is 19.1. The van der Waals surface area contributed by atoms with Crippen molar-refractivity contribution in [3.63, 3.8) is 0 Å². The summed E-state index contributed by atoms with van der Waals surface area (Å²) in [5.74, 6) is -0.385. The van der Waals surface area contributed by atoms with Crippen LogP contribution in [0.2, 0.25) is 0 Å². The number of nitrogens with one attached hydrogen (secondary N) is 1. The number of hydrogen-bond acceptors (Lipinski definition) is 4. The van der Waals surface area contributed by atoms with E-state index in [9.17, 15) is 9.59 Å². The summed E-state index contributed by atoms with van der Waals surface area (Å²) in [5, 5.41) is 0. The molecule has 2 aromatic heterocycles. The molecule has 1 amide bonds. The predicted octanol–water partition coefficient (Wildman–Crippen LogP) is 2.49. The molecule has 2 aromatic carbocycles. The standard InChI is InChI=1S/C20H17N5O2/c1-11-7-9-13(10-8-11)25-19-16(23-20(25)27)15(17(21)26)22-18(24-19)14-6-4-3-5-12(14)2/h3-10H,1-2H3,(H2,21,26)(H,23,27). The zero-order valence-corrected chi connectivity index (χ0v) is 14.9. The monoisotopic (exact) mass is 359 g/mol. The molecule has 7 heteroatoms. The molecule has 4 rings (SSSR count). The molecule has 0 spiro atoms. The first-order chi connectivity index (χ1) is 13.0. The Balaban J connectivity index is 2.08. The molecule has 0 aliphatic rings. The average Bonchev–Trinajstić information content (AvgIpc) is 2.97. The number of benzene rings is 2. The highest BCUT2D eigenvalue weighted by molar-refractivity contribution is 6.02. The predicted molar refractivity (Wildman–Crippen MR) is 103 cm³/mol. The van der Waals surface area contributed by atoms with E-state index >= 15 is 0 Å². The second-order valence-electron chi connectivity index (χ2n) is 6.37. The molecule has 0 aliphatic carbocycles. The van der Waals surface area contributed by atoms with Crippen LogP contribution in [0.5, 0.6) is 0 Å². The number of aromatic nitrogens is 4. The number of fused-ring (bicyclic) bond motifs is 1. The van der Waals surface area contributed by atoms with Crippen LogP contribution in [-0.2, 0) is 0 Å². The van der Waals surface area contributed by atoms with Crippen molar-refractivity contribution in [3.8, 4) is 17.1 Å². The van der Waals surface area contributed by atoms with E-state index in [0.717, 1.165) is 16.7 Å². The molecule has 4 aromatic rings. The van der Waals surface area contributed by atoms with E-state index in [0.29, 0.717) is 17.2 Å². The van der Waals surface area contributed by atoms with Gasteiger partial charge < -0.3 is 10.7 Å². The maximum Gasteiger partial charge on any atom is 0.332 e. The van der Waals surface area contributed by atoms with E-state index in [-0.39, 0.29) is 11.2 Å². The molecule has 2 heterocycles. The topological polar surface area (TPSA) is 107 Å². The number of aryl methyl sites for hydroxylation is 2. The van der Waals surface area contributed by atoms with Crippen molar-refractivity contribution in [3.05, 3.63) is 75.8 Å². The van der Waals surface area contributed by atoms with Gasteiger partial charge in [-0.25, -0.2) is 19.3 Å². The Morgan fingerprint density at radius 1 is 1.04 bits per heavy atom. The Morgan fingerprint density at radius 2 is 1.74 bits per heavy atom. The van der Waals surface area contributed by atoms with E-state index in [4.69, 9.17) is 5.73 Å². The summed E-state index contributed by atoms with van der Waals surface area (Å²) >= 11 is 0. The second kappa shape index (κ2) is 6.21. The summed E-state index contributed by atoms with van der Waals surface area (Å²) in [5.41, 5.74) is 9.07. The maximum atomic E-state index is 12.6. The molecule has 0 radical (unpaired) electrons. The van der Waals surface area contributed by atoms with E-state index < -0.39 is 11.6 Å². The first-order valence-electron chi connectivity index (χ1n) is 8.41. The van der Waals surface area contributed by atoms with Crippen LogP contribution in [0.25, 0.3) is 28.2 Å². The third-order valence-corrected chi connectivity index (χ3v) is 4.45. The molecule has 0 aliphatic heterocycles. The van der Waals surface area contributed by atoms with Crippen LogP contribution in [0, 0.1) is 13.8 Å². The quantitative estimate of drug-likeness (QED) is 0.586. The highest BCUT2D eigenvalue weighted by Gasteiger charge is 2.20. The Bertz CT molecular complexity index is 1240. The summed E-state index contributed by atoms with van der Waals surface area (Å²) in [4.78, 5) is 36.2. The largest absolute Gasteiger partial charge is 0.364 e. The van der Waals surface area contributed by atoms with Crippen LogP contribution in [0.4, 0.5) is 0 Å². The molecule has 0 saturated heterocycles. The van der Waals surface area contributed by atoms with Crippen LogP contribution in [0.3, 0.4) is 0 Å². The van der Waals surface area contributed by atoms with Gasteiger partial charge in [0.15, 0.2) is 17.2 Å². The van der Waals surface area contributed by atoms with Crippen molar-refractivity contribution in [1.82, 2.24) is 19.5 Å². The number of carbonyl (C=O) groups excluding carboxylic acids is 1. The molecule has 0 fully saturated rings. The van der Waals surface area contributed by atoms with Crippen molar-refractivity contribution >= 4 is 17.1 Å². The lowest BCUT2D eigenvalue weighted by Gasteiger charge is -2.08. The number of carbonyl (C=O) groups is 1. The van der Waals surface area contributed by atoms with Crippen molar-refractivity contribution < 1.29 is 4.79 Å². The first-order valence-corrected chi connectivity index (χ1v) is 8.41. The van der Waals surface area contributed by atoms with Gasteiger partial charge >= 0.3 is 5.69 Å². The summed E-state index contributed by atoms with van der Waals surface area (Å²) in [6.45, 7) is 3.89. The number of imidazole rings is 1. The summed E-state index contributed by atoms with van der Waals surface area (Å²) in [6.07, 6.45) is 0. The van der Waals surface area contributed by atoms with E-state index in [2.05, 4.69) is 15.0 Å². The summed E-state index contributed by atoms with van der Waals surface area (Å²) < 4.78 is 1.42. The fraction of sp³-hybridized carbons (Fsp3) is 0.100. The number of nitrogens with zero attached hydrogens (tertiary/aromatic N) is 3. The minimum atomic E-state index is -0.727. The number of hydrogen-bond donors (Lipinski definition) is 2. The molecule has 0 bridgehead atoms. The van der Waals surface area contributed by atoms with Gasteiger partial charge in [0.25, 0.3) is 5.91 Å². The molecular formula is C20H17N5O2. The van der Waals surface area contributed by atoms with Crippen LogP contribution in [-0.4, -0.2) is 25.4 Å². The SMILES string of the molecule is Cc1ccc(-n2c(=O)[nH]c3c(C(N)=O)nc(-c4ccccc4C)nc32)cc1. The van der Waals surface area contributed by atoms with Crippen molar-refractivity contribution in [2.75, 3.05) is 0 Å². The van der Waals surface area contributed by atoms with Crippen molar-refractivity contribution in [2.24, 2.45) is 5.73 Å². The molecule has 0 unspecified atom stereocenters. The molecule has 27 heavy (non-hydrogen) atoms. The summed E-state index contributed by atoms with van der Waals surface area (Å²) in [6, 6.07) is 15.0. The minimum Gasteiger partial charge on any atom is -0.364 e. The van der Waals surface area contributed by atoms with Crippen LogP contribution < -0.4 is 11.4 Å². The molecular weight excluding hydrogens is 342 g/mol. The van der Waals surface area contributed by atoms with Gasteiger partial charge in [-0.2, -0.15) is 0 Å². The number of aromatic amines is 1. The van der Waals surface area contributed by atoms with E-state index in [1.165, 1.54) is 4.57 Å². The first kappa shape index (κ1) is 16.7. The van der Waals surface area contributed by atoms with Crippen molar-refractivity contribution in [1.29, 1.82) is 0 Å². The number of primary amides is 1. The third kappa shape index (κ3) is 2.79. The van der Waals surface area contributed by atoms with Crippen LogP contribution in [0.15, 0.2) is 53.3 Å². The van der Waals surface area contributed by atoms with Crippen LogP contribution >= 0.6 is 0 Å². The number of nitrogens with two attached hydrogens (primary N) is 1. The van der Waals surface area contributed by atoms with Crippen molar-refractivity contribution in [2.45, 2.75) is 13.8 Å². The highest BCUT2D eigenvalue weighted by Crippen LogP contribution is 2.24. The lowest BCUT2D eigenvalue weighted by molar-refractivity contribution is 0.0997. The molecule has 7 nitrogen and oxygen atoms in total. The van der Waals surface area contributed by atoms with E-state index in [1.807, 2.05) is 62.4 Å². The maximum absolute atomic E-state index is 12.6. The smallest absolute Gasteiger partial charge is 0.332 e. The molecule has 134 valence electrons. The number of H-pyrrole nitrogens is 1. The van der Waals surface area contributed by atoms with Gasteiger partial charge in [-0.3, -0.25) is 4.79 Å². The Labute approximate surface area is 154 Å². The molecule has 3 N–H and O–H groups in total. The van der Waals surface area contributed by atoms with Gasteiger partial charge in [0.2, 0.25) is 0 Å². The van der Waals surface area contributed by atoms with Gasteiger partial charge in [-0.05, 0) is 31.5 Å².